The van der Waals surface area contributed by atoms with Crippen molar-refractivity contribution < 1.29 is 5.11 Å². The molecule has 1 aromatic carbocycles. The molecule has 0 spiro atoms. The molecule has 0 saturated heterocycles. The summed E-state index contributed by atoms with van der Waals surface area (Å²) in [5, 5.41) is 12.5. The van der Waals surface area contributed by atoms with Gasteiger partial charge in [-0.05, 0) is 23.6 Å². The maximum atomic E-state index is 9.08. The largest absolute Gasteiger partial charge is 0.395 e. The number of hydrogen-bond donors (Lipinski definition) is 2. The fourth-order valence-electron chi connectivity index (χ4n) is 2.16. The maximum absolute atomic E-state index is 9.08. The minimum Gasteiger partial charge on any atom is -0.395 e. The average Bonchev–Trinajstić information content (AvgIpc) is 2.39. The second kappa shape index (κ2) is 9.70. The average molecular weight is 276 g/mol. The number of nitrogens with one attached hydrogen (secondary N) is 1. The molecule has 0 radical (unpaired) electrons. The van der Waals surface area contributed by atoms with Gasteiger partial charge >= 0.3 is 0 Å². The minimum atomic E-state index is 0.184. The molecule has 0 saturated carbocycles. The molecule has 1 aromatic rings. The van der Waals surface area contributed by atoms with E-state index < -0.39 is 0 Å². The Labute approximate surface area is 123 Å². The Bertz CT molecular complexity index is 390. The summed E-state index contributed by atoms with van der Waals surface area (Å²) in [6, 6.07) is 8.63. The zero-order valence-electron chi connectivity index (χ0n) is 12.8. The van der Waals surface area contributed by atoms with Gasteiger partial charge in [0.1, 0.15) is 0 Å². The quantitative estimate of drug-likeness (QED) is 0.644. The minimum absolute atomic E-state index is 0.184. The van der Waals surface area contributed by atoms with Gasteiger partial charge in [0.25, 0.3) is 0 Å². The van der Waals surface area contributed by atoms with Crippen LogP contribution in [0.4, 0.5) is 0 Å². The predicted molar refractivity (Wildman–Crippen MR) is 85.5 cm³/mol. The predicted octanol–water partition coefficient (Wildman–Crippen LogP) is 2.41. The number of aliphatic hydroxyl groups excluding tert-OH is 1. The smallest absolute Gasteiger partial charge is 0.0558 e. The molecule has 0 unspecified atom stereocenters. The summed E-state index contributed by atoms with van der Waals surface area (Å²) in [5.41, 5.74) is 2.59. The van der Waals surface area contributed by atoms with Crippen LogP contribution in [0.1, 0.15) is 25.0 Å². The van der Waals surface area contributed by atoms with Crippen LogP contribution in [0.3, 0.4) is 0 Å². The monoisotopic (exact) mass is 276 g/mol. The van der Waals surface area contributed by atoms with Gasteiger partial charge in [0.2, 0.25) is 0 Å². The molecule has 0 amide bonds. The molecule has 3 nitrogen and oxygen atoms in total. The molecule has 0 heterocycles. The van der Waals surface area contributed by atoms with Crippen LogP contribution in [-0.4, -0.2) is 36.2 Å². The fraction of sp³-hybridized carbons (Fsp3) is 0.529. The summed E-state index contributed by atoms with van der Waals surface area (Å²) < 4.78 is 0. The SMILES string of the molecule is C=CCN(CCO)Cc1cccc(CNCC(C)C)c1. The summed E-state index contributed by atoms with van der Waals surface area (Å²) in [6.45, 7) is 12.7. The van der Waals surface area contributed by atoms with Gasteiger partial charge in [-0.25, -0.2) is 0 Å². The number of hydrogen-bond acceptors (Lipinski definition) is 3. The normalized spacial score (nSPS) is 11.2. The molecule has 0 aliphatic rings. The van der Waals surface area contributed by atoms with Crippen molar-refractivity contribution in [2.45, 2.75) is 26.9 Å². The Balaban J connectivity index is 2.55. The molecule has 3 heteroatoms. The van der Waals surface area contributed by atoms with Crippen LogP contribution >= 0.6 is 0 Å². The number of benzene rings is 1. The standard InChI is InChI=1S/C17H28N2O/c1-4-8-19(9-10-20)14-17-7-5-6-16(11-17)13-18-12-15(2)3/h4-7,11,15,18,20H,1,8-10,12-14H2,2-3H3. The highest BCUT2D eigenvalue weighted by atomic mass is 16.3. The lowest BCUT2D eigenvalue weighted by Crippen LogP contribution is -2.26. The number of rotatable bonds is 10. The third-order valence-corrected chi connectivity index (χ3v) is 3.08. The lowest BCUT2D eigenvalue weighted by molar-refractivity contribution is 0.203. The molecule has 0 aliphatic heterocycles. The second-order valence-electron chi connectivity index (χ2n) is 5.59. The van der Waals surface area contributed by atoms with Crippen molar-refractivity contribution in [1.82, 2.24) is 10.2 Å². The molecule has 0 aliphatic carbocycles. The van der Waals surface area contributed by atoms with Crippen LogP contribution in [0.2, 0.25) is 0 Å². The summed E-state index contributed by atoms with van der Waals surface area (Å²) in [5.74, 6) is 0.672. The molecule has 20 heavy (non-hydrogen) atoms. The molecular formula is C17H28N2O. The summed E-state index contributed by atoms with van der Waals surface area (Å²) >= 11 is 0. The third-order valence-electron chi connectivity index (χ3n) is 3.08. The van der Waals surface area contributed by atoms with E-state index in [-0.39, 0.29) is 6.61 Å². The molecule has 0 fully saturated rings. The molecule has 2 N–H and O–H groups in total. The van der Waals surface area contributed by atoms with Crippen LogP contribution < -0.4 is 5.32 Å². The molecule has 0 atom stereocenters. The van der Waals surface area contributed by atoms with E-state index in [0.29, 0.717) is 12.5 Å². The maximum Gasteiger partial charge on any atom is 0.0558 e. The zero-order chi connectivity index (χ0) is 14.8. The van der Waals surface area contributed by atoms with E-state index in [1.165, 1.54) is 11.1 Å². The highest BCUT2D eigenvalue weighted by Gasteiger charge is 2.04. The van der Waals surface area contributed by atoms with E-state index >= 15 is 0 Å². The Morgan fingerprint density at radius 2 is 2.10 bits per heavy atom. The lowest BCUT2D eigenvalue weighted by Gasteiger charge is -2.19. The first-order valence-corrected chi connectivity index (χ1v) is 7.38. The molecule has 0 bridgehead atoms. The van der Waals surface area contributed by atoms with Crippen molar-refractivity contribution in [1.29, 1.82) is 0 Å². The van der Waals surface area contributed by atoms with Crippen LogP contribution in [0, 0.1) is 5.92 Å². The topological polar surface area (TPSA) is 35.5 Å². The van der Waals surface area contributed by atoms with E-state index in [9.17, 15) is 0 Å². The van der Waals surface area contributed by atoms with Crippen LogP contribution in [0.15, 0.2) is 36.9 Å². The molecular weight excluding hydrogens is 248 g/mol. The first kappa shape index (κ1) is 16.9. The number of aliphatic hydroxyl groups is 1. The summed E-state index contributed by atoms with van der Waals surface area (Å²) in [6.07, 6.45) is 1.88. The Morgan fingerprint density at radius 1 is 1.35 bits per heavy atom. The zero-order valence-corrected chi connectivity index (χ0v) is 12.8. The van der Waals surface area contributed by atoms with E-state index in [2.05, 4.69) is 54.9 Å². The van der Waals surface area contributed by atoms with Crippen LogP contribution in [0.5, 0.6) is 0 Å². The van der Waals surface area contributed by atoms with Gasteiger partial charge in [-0.3, -0.25) is 4.90 Å². The van der Waals surface area contributed by atoms with Crippen molar-refractivity contribution in [3.8, 4) is 0 Å². The van der Waals surface area contributed by atoms with E-state index in [0.717, 1.165) is 26.2 Å². The number of nitrogens with zero attached hydrogens (tertiary/aromatic N) is 1. The Morgan fingerprint density at radius 3 is 2.75 bits per heavy atom. The first-order valence-electron chi connectivity index (χ1n) is 7.38. The van der Waals surface area contributed by atoms with Crippen molar-refractivity contribution in [3.05, 3.63) is 48.0 Å². The molecule has 112 valence electrons. The van der Waals surface area contributed by atoms with Gasteiger partial charge in [-0.2, -0.15) is 0 Å². The van der Waals surface area contributed by atoms with Crippen molar-refractivity contribution in [2.75, 3.05) is 26.2 Å². The Kier molecular flexibility index (Phi) is 8.19. The molecule has 0 aromatic heterocycles. The van der Waals surface area contributed by atoms with Gasteiger partial charge < -0.3 is 10.4 Å². The lowest BCUT2D eigenvalue weighted by atomic mass is 10.1. The first-order chi connectivity index (χ1) is 9.65. The van der Waals surface area contributed by atoms with Gasteiger partial charge in [-0.1, -0.05) is 44.2 Å². The van der Waals surface area contributed by atoms with Crippen molar-refractivity contribution in [2.24, 2.45) is 5.92 Å². The van der Waals surface area contributed by atoms with E-state index in [4.69, 9.17) is 5.11 Å². The second-order valence-corrected chi connectivity index (χ2v) is 5.59. The summed E-state index contributed by atoms with van der Waals surface area (Å²) in [4.78, 5) is 2.19. The van der Waals surface area contributed by atoms with E-state index in [1.54, 1.807) is 0 Å². The highest BCUT2D eigenvalue weighted by molar-refractivity contribution is 5.23. The van der Waals surface area contributed by atoms with Crippen LogP contribution in [-0.2, 0) is 13.1 Å². The van der Waals surface area contributed by atoms with Gasteiger partial charge in [0, 0.05) is 26.2 Å². The van der Waals surface area contributed by atoms with Crippen molar-refractivity contribution >= 4 is 0 Å². The van der Waals surface area contributed by atoms with E-state index in [1.807, 2.05) is 6.08 Å². The van der Waals surface area contributed by atoms with Crippen LogP contribution in [0.25, 0.3) is 0 Å². The summed E-state index contributed by atoms with van der Waals surface area (Å²) in [7, 11) is 0. The van der Waals surface area contributed by atoms with Gasteiger partial charge in [0.05, 0.1) is 6.61 Å². The molecule has 1 rings (SSSR count). The van der Waals surface area contributed by atoms with Gasteiger partial charge in [0.15, 0.2) is 0 Å². The Hall–Kier alpha value is -1.16. The third kappa shape index (κ3) is 6.85. The highest BCUT2D eigenvalue weighted by Crippen LogP contribution is 2.08. The van der Waals surface area contributed by atoms with Gasteiger partial charge in [-0.15, -0.1) is 6.58 Å². The van der Waals surface area contributed by atoms with Crippen molar-refractivity contribution in [3.63, 3.8) is 0 Å². The fourth-order valence-corrected chi connectivity index (χ4v) is 2.16.